The van der Waals surface area contributed by atoms with Gasteiger partial charge in [0.2, 0.25) is 0 Å². The molecule has 28 heavy (non-hydrogen) atoms. The number of nitrogens with zero attached hydrogens (tertiary/aromatic N) is 1. The second-order valence-corrected chi connectivity index (χ2v) is 11.0. The fourth-order valence-corrected chi connectivity index (χ4v) is 6.31. The van der Waals surface area contributed by atoms with Crippen LogP contribution in [0.5, 0.6) is 0 Å². The maximum atomic E-state index is 12.7. The molecule has 5 nitrogen and oxygen atoms in total. The van der Waals surface area contributed by atoms with Gasteiger partial charge in [-0.2, -0.15) is 0 Å². The number of ether oxygens (including phenoxy) is 1. The van der Waals surface area contributed by atoms with E-state index in [4.69, 9.17) is 16.3 Å². The van der Waals surface area contributed by atoms with Crippen molar-refractivity contribution in [2.45, 2.75) is 40.7 Å². The van der Waals surface area contributed by atoms with Crippen molar-refractivity contribution in [3.05, 3.63) is 46.4 Å². The van der Waals surface area contributed by atoms with E-state index in [0.29, 0.717) is 25.7 Å². The summed E-state index contributed by atoms with van der Waals surface area (Å²) in [5, 5.41) is 1.63. The Bertz CT molecular complexity index is 1120. The minimum Gasteiger partial charge on any atom is -0.462 e. The van der Waals surface area contributed by atoms with Crippen LogP contribution in [0.4, 0.5) is 0 Å². The van der Waals surface area contributed by atoms with Gasteiger partial charge >= 0.3 is 5.97 Å². The van der Waals surface area contributed by atoms with Crippen LogP contribution in [-0.2, 0) is 14.6 Å². The van der Waals surface area contributed by atoms with Crippen LogP contribution in [0.25, 0.3) is 10.2 Å². The standard InChI is InChI=1S/C19H18ClNO4S3/c1-4-25-19(22)14-9-21-16-15(28(23,24)11(2)3)10-26-18(16)17(14)27-13-7-5-12(20)6-8-13/h5-11H,4H2,1-3H3. The van der Waals surface area contributed by atoms with Crippen molar-refractivity contribution >= 4 is 60.7 Å². The molecule has 0 saturated carbocycles. The van der Waals surface area contributed by atoms with Crippen LogP contribution >= 0.6 is 34.7 Å². The number of pyridine rings is 1. The molecule has 0 fully saturated rings. The molecule has 0 bridgehead atoms. The van der Waals surface area contributed by atoms with Crippen LogP contribution in [0, 0.1) is 0 Å². The lowest BCUT2D eigenvalue weighted by Gasteiger charge is -2.11. The van der Waals surface area contributed by atoms with Gasteiger partial charge in [0.25, 0.3) is 0 Å². The van der Waals surface area contributed by atoms with E-state index >= 15 is 0 Å². The quantitative estimate of drug-likeness (QED) is 0.459. The molecule has 0 amide bonds. The molecule has 0 spiro atoms. The molecular weight excluding hydrogens is 438 g/mol. The van der Waals surface area contributed by atoms with Crippen LogP contribution < -0.4 is 0 Å². The van der Waals surface area contributed by atoms with Crippen molar-refractivity contribution < 1.29 is 17.9 Å². The van der Waals surface area contributed by atoms with E-state index in [-0.39, 0.29) is 11.5 Å². The lowest BCUT2D eigenvalue weighted by molar-refractivity contribution is 0.0522. The van der Waals surface area contributed by atoms with E-state index in [1.165, 1.54) is 29.3 Å². The summed E-state index contributed by atoms with van der Waals surface area (Å²) in [6.45, 7) is 5.23. The Kier molecular flexibility index (Phi) is 6.34. The number of fused-ring (bicyclic) bond motifs is 1. The summed E-state index contributed by atoms with van der Waals surface area (Å²) < 4.78 is 31.2. The van der Waals surface area contributed by atoms with Crippen molar-refractivity contribution in [1.29, 1.82) is 0 Å². The highest BCUT2D eigenvalue weighted by Gasteiger charge is 2.27. The number of carbonyl (C=O) groups is 1. The van der Waals surface area contributed by atoms with E-state index in [0.717, 1.165) is 4.90 Å². The van der Waals surface area contributed by atoms with Gasteiger partial charge in [-0.1, -0.05) is 23.4 Å². The van der Waals surface area contributed by atoms with Crippen LogP contribution in [0.3, 0.4) is 0 Å². The van der Waals surface area contributed by atoms with Gasteiger partial charge in [0.1, 0.15) is 10.4 Å². The number of carbonyl (C=O) groups excluding carboxylic acids is 1. The minimum atomic E-state index is -3.49. The van der Waals surface area contributed by atoms with Crippen molar-refractivity contribution in [3.8, 4) is 0 Å². The highest BCUT2D eigenvalue weighted by molar-refractivity contribution is 7.99. The number of benzene rings is 1. The van der Waals surface area contributed by atoms with E-state index in [1.807, 2.05) is 12.1 Å². The summed E-state index contributed by atoms with van der Waals surface area (Å²) in [7, 11) is -3.49. The van der Waals surface area contributed by atoms with Gasteiger partial charge in [-0.05, 0) is 45.0 Å². The molecule has 2 heterocycles. The molecular formula is C19H18ClNO4S3. The normalized spacial score (nSPS) is 11.9. The predicted molar refractivity (Wildman–Crippen MR) is 113 cm³/mol. The van der Waals surface area contributed by atoms with Crippen LogP contribution in [-0.4, -0.2) is 31.2 Å². The fraction of sp³-hybridized carbons (Fsp3) is 0.263. The molecule has 0 aliphatic rings. The Morgan fingerprint density at radius 1 is 1.29 bits per heavy atom. The summed E-state index contributed by atoms with van der Waals surface area (Å²) in [5.41, 5.74) is 0.688. The Morgan fingerprint density at radius 2 is 1.96 bits per heavy atom. The molecule has 1 aromatic carbocycles. The molecule has 148 valence electrons. The van der Waals surface area contributed by atoms with Crippen molar-refractivity contribution in [2.75, 3.05) is 6.61 Å². The largest absolute Gasteiger partial charge is 0.462 e. The molecule has 0 aliphatic carbocycles. The molecule has 0 aliphatic heterocycles. The lowest BCUT2D eigenvalue weighted by Crippen LogP contribution is -2.14. The molecule has 3 aromatic rings. The summed E-state index contributed by atoms with van der Waals surface area (Å²) in [5.74, 6) is -0.491. The highest BCUT2D eigenvalue weighted by Crippen LogP contribution is 2.41. The van der Waals surface area contributed by atoms with E-state index < -0.39 is 21.1 Å². The molecule has 0 radical (unpaired) electrons. The Labute approximate surface area is 177 Å². The minimum absolute atomic E-state index is 0.191. The lowest BCUT2D eigenvalue weighted by atomic mass is 10.2. The predicted octanol–water partition coefficient (Wildman–Crippen LogP) is 5.46. The number of halogens is 1. The monoisotopic (exact) mass is 455 g/mol. The summed E-state index contributed by atoms with van der Waals surface area (Å²) in [6.07, 6.45) is 1.39. The first-order valence-corrected chi connectivity index (χ1v) is 12.1. The summed E-state index contributed by atoms with van der Waals surface area (Å²) in [4.78, 5) is 18.4. The zero-order chi connectivity index (χ0) is 20.5. The number of thiophene rings is 1. The maximum Gasteiger partial charge on any atom is 0.340 e. The van der Waals surface area contributed by atoms with Gasteiger partial charge in [0.05, 0.1) is 22.1 Å². The smallest absolute Gasteiger partial charge is 0.340 e. The SMILES string of the molecule is CCOC(=O)c1cnc2c(S(=O)(=O)C(C)C)csc2c1Sc1ccc(Cl)cc1. The first-order chi connectivity index (χ1) is 13.3. The third-order valence-electron chi connectivity index (χ3n) is 3.96. The van der Waals surface area contributed by atoms with Gasteiger partial charge in [-0.3, -0.25) is 4.98 Å². The Morgan fingerprint density at radius 3 is 2.57 bits per heavy atom. The van der Waals surface area contributed by atoms with Gasteiger partial charge in [-0.15, -0.1) is 11.3 Å². The molecule has 0 atom stereocenters. The number of rotatable bonds is 6. The molecule has 0 saturated heterocycles. The van der Waals surface area contributed by atoms with Crippen LogP contribution in [0.1, 0.15) is 31.1 Å². The average molecular weight is 456 g/mol. The molecule has 0 unspecified atom stereocenters. The first-order valence-electron chi connectivity index (χ1n) is 8.50. The topological polar surface area (TPSA) is 73.3 Å². The first kappa shape index (κ1) is 21.1. The Hall–Kier alpha value is -1.61. The van der Waals surface area contributed by atoms with Gasteiger partial charge < -0.3 is 4.74 Å². The van der Waals surface area contributed by atoms with E-state index in [1.54, 1.807) is 38.3 Å². The average Bonchev–Trinajstić information content (AvgIpc) is 3.09. The number of esters is 1. The third kappa shape index (κ3) is 4.05. The zero-order valence-electron chi connectivity index (χ0n) is 15.4. The number of sulfone groups is 1. The van der Waals surface area contributed by atoms with E-state index in [9.17, 15) is 13.2 Å². The molecule has 9 heteroatoms. The van der Waals surface area contributed by atoms with Crippen molar-refractivity contribution in [2.24, 2.45) is 0 Å². The highest BCUT2D eigenvalue weighted by atomic mass is 35.5. The summed E-state index contributed by atoms with van der Waals surface area (Å²) >= 11 is 8.57. The molecule has 2 aromatic heterocycles. The van der Waals surface area contributed by atoms with Gasteiger partial charge in [0.15, 0.2) is 9.84 Å². The molecule has 0 N–H and O–H groups in total. The van der Waals surface area contributed by atoms with E-state index in [2.05, 4.69) is 4.98 Å². The molecule has 3 rings (SSSR count). The fourth-order valence-electron chi connectivity index (χ4n) is 2.46. The Balaban J connectivity index is 2.21. The van der Waals surface area contributed by atoms with Crippen molar-refractivity contribution in [1.82, 2.24) is 4.98 Å². The van der Waals surface area contributed by atoms with Crippen LogP contribution in [0.15, 0.2) is 50.5 Å². The second-order valence-electron chi connectivity index (χ2n) is 6.15. The van der Waals surface area contributed by atoms with Gasteiger partial charge in [0, 0.05) is 26.4 Å². The number of hydrogen-bond donors (Lipinski definition) is 0. The number of aromatic nitrogens is 1. The van der Waals surface area contributed by atoms with Crippen LogP contribution in [0.2, 0.25) is 5.02 Å². The second kappa shape index (κ2) is 8.41. The maximum absolute atomic E-state index is 12.7. The number of hydrogen-bond acceptors (Lipinski definition) is 7. The third-order valence-corrected chi connectivity index (χ3v) is 8.78. The van der Waals surface area contributed by atoms with Crippen molar-refractivity contribution in [3.63, 3.8) is 0 Å². The van der Waals surface area contributed by atoms with Gasteiger partial charge in [-0.25, -0.2) is 13.2 Å². The summed E-state index contributed by atoms with van der Waals surface area (Å²) in [6, 6.07) is 7.20. The zero-order valence-corrected chi connectivity index (χ0v) is 18.6.